The molecule has 1 heterocycles. The lowest BCUT2D eigenvalue weighted by atomic mass is 9.92. The van der Waals surface area contributed by atoms with Crippen LogP contribution in [0.25, 0.3) is 0 Å². The quantitative estimate of drug-likeness (QED) is 0.824. The minimum Gasteiger partial charge on any atom is -0.457 e. The Balaban J connectivity index is 0.000000273. The van der Waals surface area contributed by atoms with E-state index in [1.807, 2.05) is 37.3 Å². The SMILES string of the molecule is CC1=C(C(=O)OCc2ccccc2)C(C)CC(=O)N1.Fc1ccccc1F. The fourth-order valence-electron chi connectivity index (χ4n) is 2.67. The first kappa shape index (κ1) is 20.3. The van der Waals surface area contributed by atoms with Gasteiger partial charge in [-0.1, -0.05) is 49.4 Å². The molecular weight excluding hydrogens is 352 g/mol. The average Bonchev–Trinajstić information content (AvgIpc) is 2.63. The van der Waals surface area contributed by atoms with E-state index in [4.69, 9.17) is 4.74 Å². The zero-order valence-corrected chi connectivity index (χ0v) is 15.2. The largest absolute Gasteiger partial charge is 0.457 e. The summed E-state index contributed by atoms with van der Waals surface area (Å²) in [7, 11) is 0. The number of carbonyl (C=O) groups is 2. The summed E-state index contributed by atoms with van der Waals surface area (Å²) in [4.78, 5) is 23.4. The van der Waals surface area contributed by atoms with Gasteiger partial charge in [0.1, 0.15) is 6.61 Å². The van der Waals surface area contributed by atoms with Crippen LogP contribution in [0.5, 0.6) is 0 Å². The molecule has 6 heteroatoms. The smallest absolute Gasteiger partial charge is 0.336 e. The molecule has 1 amide bonds. The Bertz CT molecular complexity index is 813. The molecule has 27 heavy (non-hydrogen) atoms. The van der Waals surface area contributed by atoms with Crippen molar-refractivity contribution in [3.8, 4) is 0 Å². The van der Waals surface area contributed by atoms with Crippen molar-refractivity contribution in [1.29, 1.82) is 0 Å². The molecule has 0 saturated heterocycles. The Morgan fingerprint density at radius 2 is 1.63 bits per heavy atom. The maximum absolute atomic E-state index is 12.1. The second-order valence-corrected chi connectivity index (χ2v) is 6.17. The van der Waals surface area contributed by atoms with E-state index in [-0.39, 0.29) is 24.4 Å². The van der Waals surface area contributed by atoms with Gasteiger partial charge in [0.15, 0.2) is 11.6 Å². The number of nitrogens with one attached hydrogen (secondary N) is 1. The minimum absolute atomic E-state index is 0.0513. The van der Waals surface area contributed by atoms with Gasteiger partial charge < -0.3 is 10.1 Å². The molecule has 0 saturated carbocycles. The molecule has 0 radical (unpaired) electrons. The summed E-state index contributed by atoms with van der Waals surface area (Å²) >= 11 is 0. The van der Waals surface area contributed by atoms with E-state index in [0.29, 0.717) is 17.7 Å². The van der Waals surface area contributed by atoms with E-state index < -0.39 is 11.6 Å². The lowest BCUT2D eigenvalue weighted by Crippen LogP contribution is -2.34. The third kappa shape index (κ3) is 6.02. The van der Waals surface area contributed by atoms with Gasteiger partial charge in [-0.05, 0) is 30.5 Å². The fourth-order valence-corrected chi connectivity index (χ4v) is 2.67. The highest BCUT2D eigenvalue weighted by molar-refractivity contribution is 5.94. The lowest BCUT2D eigenvalue weighted by Gasteiger charge is -2.23. The van der Waals surface area contributed by atoms with Crippen LogP contribution in [-0.2, 0) is 20.9 Å². The van der Waals surface area contributed by atoms with E-state index in [2.05, 4.69) is 5.32 Å². The predicted molar refractivity (Wildman–Crippen MR) is 97.2 cm³/mol. The number of amides is 1. The highest BCUT2D eigenvalue weighted by atomic mass is 19.2. The van der Waals surface area contributed by atoms with E-state index in [1.54, 1.807) is 6.92 Å². The van der Waals surface area contributed by atoms with Gasteiger partial charge in [-0.2, -0.15) is 0 Å². The molecule has 0 spiro atoms. The van der Waals surface area contributed by atoms with Crippen molar-refractivity contribution < 1.29 is 23.1 Å². The van der Waals surface area contributed by atoms with E-state index >= 15 is 0 Å². The Kier molecular flexibility index (Phi) is 7.23. The first-order chi connectivity index (χ1) is 12.9. The second kappa shape index (κ2) is 9.62. The summed E-state index contributed by atoms with van der Waals surface area (Å²) in [5.41, 5.74) is 2.11. The molecule has 1 aliphatic heterocycles. The molecule has 0 fully saturated rings. The molecule has 0 bridgehead atoms. The van der Waals surface area contributed by atoms with Crippen molar-refractivity contribution in [3.05, 3.63) is 83.1 Å². The Labute approximate surface area is 156 Å². The van der Waals surface area contributed by atoms with Gasteiger partial charge in [0.05, 0.1) is 5.57 Å². The summed E-state index contributed by atoms with van der Waals surface area (Å²) in [6.45, 7) is 3.84. The van der Waals surface area contributed by atoms with Crippen molar-refractivity contribution in [3.63, 3.8) is 0 Å². The molecule has 142 valence electrons. The summed E-state index contributed by atoms with van der Waals surface area (Å²) in [5.74, 6) is -2.10. The summed E-state index contributed by atoms with van der Waals surface area (Å²) in [5, 5.41) is 2.68. The van der Waals surface area contributed by atoms with Gasteiger partial charge >= 0.3 is 5.97 Å². The third-order valence-electron chi connectivity index (χ3n) is 3.97. The van der Waals surface area contributed by atoms with Crippen LogP contribution >= 0.6 is 0 Å². The second-order valence-electron chi connectivity index (χ2n) is 6.17. The zero-order valence-electron chi connectivity index (χ0n) is 15.2. The number of benzene rings is 2. The van der Waals surface area contributed by atoms with Crippen molar-refractivity contribution in [1.82, 2.24) is 5.32 Å². The van der Waals surface area contributed by atoms with Gasteiger partial charge in [0.25, 0.3) is 0 Å². The monoisotopic (exact) mass is 373 g/mol. The minimum atomic E-state index is -0.799. The molecule has 3 rings (SSSR count). The molecular formula is C21H21F2NO3. The molecule has 1 unspecified atom stereocenters. The summed E-state index contributed by atoms with van der Waals surface area (Å²) in [6.07, 6.45) is 0.326. The molecule has 1 N–H and O–H groups in total. The highest BCUT2D eigenvalue weighted by Gasteiger charge is 2.28. The van der Waals surface area contributed by atoms with Gasteiger partial charge in [-0.3, -0.25) is 4.79 Å². The van der Waals surface area contributed by atoms with Crippen molar-refractivity contribution in [2.45, 2.75) is 26.9 Å². The number of rotatable bonds is 3. The van der Waals surface area contributed by atoms with Crippen LogP contribution in [0.2, 0.25) is 0 Å². The number of halogens is 2. The third-order valence-corrected chi connectivity index (χ3v) is 3.97. The Hall–Kier alpha value is -3.02. The number of hydrogen-bond donors (Lipinski definition) is 1. The average molecular weight is 373 g/mol. The summed E-state index contributed by atoms with van der Waals surface area (Å²) < 4.78 is 29.2. The lowest BCUT2D eigenvalue weighted by molar-refractivity contribution is -0.141. The molecule has 4 nitrogen and oxygen atoms in total. The molecule has 1 aliphatic rings. The van der Waals surface area contributed by atoms with Crippen LogP contribution in [0.15, 0.2) is 65.9 Å². The van der Waals surface area contributed by atoms with Crippen LogP contribution < -0.4 is 5.32 Å². The standard InChI is InChI=1S/C15H17NO3.C6H4F2/c1-10-8-13(17)16-11(2)14(10)15(18)19-9-12-6-4-3-5-7-12;7-5-3-1-2-4-6(5)8/h3-7,10H,8-9H2,1-2H3,(H,16,17);1-4H. The number of ether oxygens (including phenoxy) is 1. The zero-order chi connectivity index (χ0) is 19.8. The maximum atomic E-state index is 12.1. The first-order valence-corrected chi connectivity index (χ1v) is 8.50. The van der Waals surface area contributed by atoms with Crippen molar-refractivity contribution in [2.75, 3.05) is 0 Å². The Morgan fingerprint density at radius 1 is 1.07 bits per heavy atom. The van der Waals surface area contributed by atoms with Crippen molar-refractivity contribution >= 4 is 11.9 Å². The molecule has 0 aromatic heterocycles. The molecule has 2 aromatic rings. The predicted octanol–water partition coefficient (Wildman–Crippen LogP) is 4.12. The summed E-state index contributed by atoms with van der Waals surface area (Å²) in [6, 6.07) is 14.6. The normalized spacial score (nSPS) is 16.1. The maximum Gasteiger partial charge on any atom is 0.336 e. The molecule has 1 atom stereocenters. The van der Waals surface area contributed by atoms with Crippen molar-refractivity contribution in [2.24, 2.45) is 5.92 Å². The van der Waals surface area contributed by atoms with Crippen LogP contribution in [-0.4, -0.2) is 11.9 Å². The topological polar surface area (TPSA) is 55.4 Å². The first-order valence-electron chi connectivity index (χ1n) is 8.50. The van der Waals surface area contributed by atoms with Gasteiger partial charge in [-0.25, -0.2) is 13.6 Å². The van der Waals surface area contributed by atoms with Crippen LogP contribution in [0, 0.1) is 17.6 Å². The van der Waals surface area contributed by atoms with Gasteiger partial charge in [0, 0.05) is 12.1 Å². The number of esters is 1. The number of allylic oxidation sites excluding steroid dienone is 1. The van der Waals surface area contributed by atoms with Gasteiger partial charge in [0.2, 0.25) is 5.91 Å². The van der Waals surface area contributed by atoms with Gasteiger partial charge in [-0.15, -0.1) is 0 Å². The van der Waals surface area contributed by atoms with Crippen LogP contribution in [0.3, 0.4) is 0 Å². The van der Waals surface area contributed by atoms with E-state index in [1.165, 1.54) is 12.1 Å². The molecule has 2 aromatic carbocycles. The van der Waals surface area contributed by atoms with E-state index in [0.717, 1.165) is 17.7 Å². The van der Waals surface area contributed by atoms with Crippen LogP contribution in [0.1, 0.15) is 25.8 Å². The highest BCUT2D eigenvalue weighted by Crippen LogP contribution is 2.23. The number of carbonyl (C=O) groups excluding carboxylic acids is 2. The molecule has 0 aliphatic carbocycles. The fraction of sp³-hybridized carbons (Fsp3) is 0.238. The van der Waals surface area contributed by atoms with E-state index in [9.17, 15) is 18.4 Å². The van der Waals surface area contributed by atoms with Crippen LogP contribution in [0.4, 0.5) is 8.78 Å². The number of hydrogen-bond acceptors (Lipinski definition) is 3. The Morgan fingerprint density at radius 3 is 2.15 bits per heavy atom.